The van der Waals surface area contributed by atoms with Gasteiger partial charge in [0.1, 0.15) is 6.33 Å². The molecule has 0 unspecified atom stereocenters. The van der Waals surface area contributed by atoms with E-state index in [1.165, 1.54) is 6.42 Å². The van der Waals surface area contributed by atoms with Crippen molar-refractivity contribution < 1.29 is 0 Å². The summed E-state index contributed by atoms with van der Waals surface area (Å²) in [5, 5.41) is 4.47. The molecule has 2 rings (SSSR count). The first-order valence-corrected chi connectivity index (χ1v) is 6.40. The second-order valence-electron chi connectivity index (χ2n) is 4.99. The van der Waals surface area contributed by atoms with Crippen molar-refractivity contribution in [2.24, 2.45) is 5.92 Å². The van der Waals surface area contributed by atoms with Gasteiger partial charge in [-0.1, -0.05) is 26.0 Å². The number of aryl methyl sites for hydroxylation is 1. The number of nitrogens with two attached hydrogens (primary N) is 1. The molecule has 0 aliphatic rings. The molecule has 1 aromatic carbocycles. The monoisotopic (exact) mass is 244 g/mol. The van der Waals surface area contributed by atoms with Crippen molar-refractivity contribution in [2.75, 3.05) is 5.73 Å². The molecule has 4 nitrogen and oxygen atoms in total. The molecule has 2 aromatic rings. The fourth-order valence-corrected chi connectivity index (χ4v) is 1.87. The molecule has 0 saturated carbocycles. The Morgan fingerprint density at radius 1 is 1.33 bits per heavy atom. The van der Waals surface area contributed by atoms with E-state index >= 15 is 0 Å². The third kappa shape index (κ3) is 3.32. The highest BCUT2D eigenvalue weighted by Crippen LogP contribution is 2.17. The number of rotatable bonds is 5. The van der Waals surface area contributed by atoms with Crippen LogP contribution in [0, 0.1) is 5.92 Å². The number of nitrogen functional groups attached to an aromatic ring is 1. The van der Waals surface area contributed by atoms with Crippen LogP contribution >= 0.6 is 0 Å². The van der Waals surface area contributed by atoms with Gasteiger partial charge in [0, 0.05) is 17.8 Å². The molecule has 1 aromatic heterocycles. The fraction of sp³-hybridized carbons (Fsp3) is 0.429. The van der Waals surface area contributed by atoms with Gasteiger partial charge in [-0.15, -0.1) is 0 Å². The van der Waals surface area contributed by atoms with Crippen LogP contribution in [0.25, 0.3) is 11.4 Å². The molecule has 1 heterocycles. The molecular weight excluding hydrogens is 224 g/mol. The molecule has 18 heavy (non-hydrogen) atoms. The molecule has 0 spiro atoms. The van der Waals surface area contributed by atoms with Gasteiger partial charge < -0.3 is 5.73 Å². The van der Waals surface area contributed by atoms with Crippen LogP contribution in [-0.4, -0.2) is 14.8 Å². The summed E-state index contributed by atoms with van der Waals surface area (Å²) >= 11 is 0. The van der Waals surface area contributed by atoms with Gasteiger partial charge in [0.15, 0.2) is 5.82 Å². The van der Waals surface area contributed by atoms with Crippen LogP contribution < -0.4 is 5.73 Å². The van der Waals surface area contributed by atoms with Crippen LogP contribution in [0.4, 0.5) is 5.69 Å². The summed E-state index contributed by atoms with van der Waals surface area (Å²) in [5.41, 5.74) is 7.46. The first kappa shape index (κ1) is 12.6. The zero-order chi connectivity index (χ0) is 13.0. The molecule has 0 aliphatic heterocycles. The van der Waals surface area contributed by atoms with E-state index in [-0.39, 0.29) is 0 Å². The molecule has 0 saturated heterocycles. The second-order valence-corrected chi connectivity index (χ2v) is 4.99. The van der Waals surface area contributed by atoms with E-state index in [4.69, 9.17) is 5.73 Å². The molecule has 0 amide bonds. The summed E-state index contributed by atoms with van der Waals surface area (Å²) in [5.74, 6) is 1.48. The molecule has 0 radical (unpaired) electrons. The normalized spacial score (nSPS) is 11.1. The summed E-state index contributed by atoms with van der Waals surface area (Å²) in [6.07, 6.45) is 4.14. The van der Waals surface area contributed by atoms with E-state index in [1.807, 2.05) is 28.9 Å². The van der Waals surface area contributed by atoms with Gasteiger partial charge in [-0.25, -0.2) is 4.98 Å². The topological polar surface area (TPSA) is 56.7 Å². The summed E-state index contributed by atoms with van der Waals surface area (Å²) in [7, 11) is 0. The SMILES string of the molecule is CC(C)CCCn1cnc(-c2cccc(N)c2)n1. The third-order valence-electron chi connectivity index (χ3n) is 2.85. The summed E-state index contributed by atoms with van der Waals surface area (Å²) in [6, 6.07) is 7.66. The summed E-state index contributed by atoms with van der Waals surface area (Å²) in [4.78, 5) is 4.32. The highest BCUT2D eigenvalue weighted by Gasteiger charge is 2.04. The maximum Gasteiger partial charge on any atom is 0.181 e. The lowest BCUT2D eigenvalue weighted by atomic mass is 10.1. The molecule has 4 heteroatoms. The minimum Gasteiger partial charge on any atom is -0.399 e. The van der Waals surface area contributed by atoms with Gasteiger partial charge in [-0.3, -0.25) is 4.68 Å². The Labute approximate surface area is 108 Å². The van der Waals surface area contributed by atoms with E-state index in [2.05, 4.69) is 23.9 Å². The third-order valence-corrected chi connectivity index (χ3v) is 2.85. The van der Waals surface area contributed by atoms with Gasteiger partial charge in [0.05, 0.1) is 0 Å². The van der Waals surface area contributed by atoms with E-state index in [9.17, 15) is 0 Å². The lowest BCUT2D eigenvalue weighted by Crippen LogP contribution is -2.00. The second kappa shape index (κ2) is 5.67. The Bertz CT molecular complexity index is 502. The zero-order valence-electron chi connectivity index (χ0n) is 11.0. The quantitative estimate of drug-likeness (QED) is 0.823. The Hall–Kier alpha value is -1.84. The number of anilines is 1. The molecule has 0 bridgehead atoms. The fourth-order valence-electron chi connectivity index (χ4n) is 1.87. The lowest BCUT2D eigenvalue weighted by Gasteiger charge is -2.03. The summed E-state index contributed by atoms with van der Waals surface area (Å²) < 4.78 is 1.90. The predicted molar refractivity (Wildman–Crippen MR) is 73.9 cm³/mol. The highest BCUT2D eigenvalue weighted by molar-refractivity contribution is 5.60. The molecule has 0 fully saturated rings. The van der Waals surface area contributed by atoms with Crippen LogP contribution in [0.2, 0.25) is 0 Å². The Kier molecular flexibility index (Phi) is 3.97. The maximum absolute atomic E-state index is 5.75. The van der Waals surface area contributed by atoms with Crippen LogP contribution in [0.15, 0.2) is 30.6 Å². The van der Waals surface area contributed by atoms with Crippen molar-refractivity contribution in [3.8, 4) is 11.4 Å². The van der Waals surface area contributed by atoms with Crippen LogP contribution in [0.1, 0.15) is 26.7 Å². The standard InChI is InChI=1S/C14H20N4/c1-11(2)5-4-8-18-10-16-14(17-18)12-6-3-7-13(15)9-12/h3,6-7,9-11H,4-5,8,15H2,1-2H3. The smallest absolute Gasteiger partial charge is 0.181 e. The van der Waals surface area contributed by atoms with Crippen molar-refractivity contribution in [1.29, 1.82) is 0 Å². The number of nitrogens with zero attached hydrogens (tertiary/aromatic N) is 3. The first-order chi connectivity index (χ1) is 8.65. The van der Waals surface area contributed by atoms with E-state index in [0.29, 0.717) is 0 Å². The molecule has 0 atom stereocenters. The van der Waals surface area contributed by atoms with Gasteiger partial charge in [0.25, 0.3) is 0 Å². The van der Waals surface area contributed by atoms with E-state index < -0.39 is 0 Å². The van der Waals surface area contributed by atoms with Crippen molar-refractivity contribution >= 4 is 5.69 Å². The molecule has 2 N–H and O–H groups in total. The van der Waals surface area contributed by atoms with E-state index in [1.54, 1.807) is 6.33 Å². The average molecular weight is 244 g/mol. The number of benzene rings is 1. The van der Waals surface area contributed by atoms with Crippen molar-refractivity contribution in [3.05, 3.63) is 30.6 Å². The number of hydrogen-bond donors (Lipinski definition) is 1. The maximum atomic E-state index is 5.75. The van der Waals surface area contributed by atoms with Crippen LogP contribution in [0.3, 0.4) is 0 Å². The van der Waals surface area contributed by atoms with Gasteiger partial charge in [-0.05, 0) is 30.9 Å². The minimum absolute atomic E-state index is 0.738. The van der Waals surface area contributed by atoms with Crippen molar-refractivity contribution in [2.45, 2.75) is 33.2 Å². The zero-order valence-corrected chi connectivity index (χ0v) is 11.0. The van der Waals surface area contributed by atoms with Gasteiger partial charge in [-0.2, -0.15) is 5.10 Å². The first-order valence-electron chi connectivity index (χ1n) is 6.40. The molecular formula is C14H20N4. The highest BCUT2D eigenvalue weighted by atomic mass is 15.3. The van der Waals surface area contributed by atoms with Gasteiger partial charge in [0.2, 0.25) is 0 Å². The number of hydrogen-bond acceptors (Lipinski definition) is 3. The lowest BCUT2D eigenvalue weighted by molar-refractivity contribution is 0.490. The van der Waals surface area contributed by atoms with Gasteiger partial charge >= 0.3 is 0 Å². The summed E-state index contributed by atoms with van der Waals surface area (Å²) in [6.45, 7) is 5.40. The van der Waals surface area contributed by atoms with Crippen molar-refractivity contribution in [1.82, 2.24) is 14.8 Å². The average Bonchev–Trinajstić information content (AvgIpc) is 2.77. The Morgan fingerprint density at radius 2 is 2.17 bits per heavy atom. The van der Waals surface area contributed by atoms with E-state index in [0.717, 1.165) is 36.0 Å². The Morgan fingerprint density at radius 3 is 2.89 bits per heavy atom. The van der Waals surface area contributed by atoms with Crippen molar-refractivity contribution in [3.63, 3.8) is 0 Å². The van der Waals surface area contributed by atoms with Crippen LogP contribution in [-0.2, 0) is 6.54 Å². The number of aromatic nitrogens is 3. The largest absolute Gasteiger partial charge is 0.399 e. The Balaban J connectivity index is 2.02. The predicted octanol–water partition coefficient (Wildman–Crippen LogP) is 2.96. The van der Waals surface area contributed by atoms with Crippen LogP contribution in [0.5, 0.6) is 0 Å². The minimum atomic E-state index is 0.738. The molecule has 96 valence electrons. The molecule has 0 aliphatic carbocycles.